The molecule has 0 bridgehead atoms. The van der Waals surface area contributed by atoms with Crippen molar-refractivity contribution in [3.8, 4) is 16.9 Å². The molecule has 0 unspecified atom stereocenters. The number of aromatic nitrogens is 1. The molecule has 3 heteroatoms. The maximum absolute atomic E-state index is 5.83. The molecule has 1 aliphatic rings. The molecule has 2 atom stereocenters. The molecular weight excluding hydrogens is 224 g/mol. The van der Waals surface area contributed by atoms with Gasteiger partial charge in [-0.2, -0.15) is 0 Å². The van der Waals surface area contributed by atoms with Crippen molar-refractivity contribution in [2.75, 3.05) is 7.11 Å². The first-order valence-corrected chi connectivity index (χ1v) is 6.14. The van der Waals surface area contributed by atoms with E-state index in [9.17, 15) is 0 Å². The van der Waals surface area contributed by atoms with Crippen LogP contribution >= 0.6 is 0 Å². The zero-order valence-corrected chi connectivity index (χ0v) is 10.3. The third kappa shape index (κ3) is 2.09. The Labute approximate surface area is 107 Å². The van der Waals surface area contributed by atoms with E-state index >= 15 is 0 Å². The molecular formula is C15H16N2O. The van der Waals surface area contributed by atoms with E-state index in [4.69, 9.17) is 10.5 Å². The summed E-state index contributed by atoms with van der Waals surface area (Å²) < 4.78 is 5.23. The van der Waals surface area contributed by atoms with Gasteiger partial charge >= 0.3 is 0 Å². The number of hydrogen-bond donors (Lipinski definition) is 1. The van der Waals surface area contributed by atoms with E-state index in [0.717, 1.165) is 29.0 Å². The van der Waals surface area contributed by atoms with E-state index in [1.54, 1.807) is 7.11 Å². The summed E-state index contributed by atoms with van der Waals surface area (Å²) in [5, 5.41) is 0. The van der Waals surface area contributed by atoms with Crippen LogP contribution in [0.3, 0.4) is 0 Å². The molecule has 0 spiro atoms. The van der Waals surface area contributed by atoms with E-state index in [2.05, 4.69) is 23.2 Å². The summed E-state index contributed by atoms with van der Waals surface area (Å²) in [6.45, 7) is 0. The minimum Gasteiger partial charge on any atom is -0.497 e. The van der Waals surface area contributed by atoms with Crippen LogP contribution in [-0.2, 0) is 0 Å². The first-order valence-electron chi connectivity index (χ1n) is 6.14. The molecule has 2 aromatic rings. The Morgan fingerprint density at radius 1 is 1.22 bits per heavy atom. The van der Waals surface area contributed by atoms with Gasteiger partial charge in [0, 0.05) is 29.4 Å². The van der Waals surface area contributed by atoms with Gasteiger partial charge in [-0.3, -0.25) is 4.98 Å². The van der Waals surface area contributed by atoms with Crippen LogP contribution in [0, 0.1) is 0 Å². The van der Waals surface area contributed by atoms with E-state index in [-0.39, 0.29) is 0 Å². The minimum absolute atomic E-state index is 0.306. The van der Waals surface area contributed by atoms with Crippen molar-refractivity contribution < 1.29 is 4.74 Å². The van der Waals surface area contributed by atoms with E-state index in [0.29, 0.717) is 12.0 Å². The predicted octanol–water partition coefficient (Wildman–Crippen LogP) is 2.57. The predicted molar refractivity (Wildman–Crippen MR) is 71.6 cm³/mol. The Bertz CT molecular complexity index is 551. The highest BCUT2D eigenvalue weighted by atomic mass is 16.5. The average Bonchev–Trinajstić information content (AvgIpc) is 3.16. The molecule has 92 valence electrons. The number of benzene rings is 1. The van der Waals surface area contributed by atoms with Crippen LogP contribution in [0.5, 0.6) is 5.75 Å². The van der Waals surface area contributed by atoms with Crippen LogP contribution in [0.25, 0.3) is 11.1 Å². The summed E-state index contributed by atoms with van der Waals surface area (Å²) in [5.74, 6) is 1.32. The van der Waals surface area contributed by atoms with Gasteiger partial charge in [0.1, 0.15) is 5.75 Å². The van der Waals surface area contributed by atoms with Crippen LogP contribution in [0.15, 0.2) is 42.6 Å². The summed E-state index contributed by atoms with van der Waals surface area (Å²) in [5.41, 5.74) is 9.16. The van der Waals surface area contributed by atoms with Crippen molar-refractivity contribution in [2.45, 2.75) is 18.4 Å². The lowest BCUT2D eigenvalue weighted by molar-refractivity contribution is 0.415. The second-order valence-electron chi connectivity index (χ2n) is 4.71. The number of hydrogen-bond acceptors (Lipinski definition) is 3. The Morgan fingerprint density at radius 2 is 2.06 bits per heavy atom. The molecule has 1 saturated carbocycles. The van der Waals surface area contributed by atoms with Crippen molar-refractivity contribution in [3.05, 3.63) is 48.3 Å². The lowest BCUT2D eigenvalue weighted by atomic mass is 10.1. The number of methoxy groups -OCH3 is 1. The first kappa shape index (κ1) is 11.2. The van der Waals surface area contributed by atoms with E-state index in [1.165, 1.54) is 0 Å². The minimum atomic E-state index is 0.306. The highest BCUT2D eigenvalue weighted by Gasteiger charge is 2.35. The van der Waals surface area contributed by atoms with E-state index in [1.807, 2.05) is 24.4 Å². The largest absolute Gasteiger partial charge is 0.497 e. The highest BCUT2D eigenvalue weighted by molar-refractivity contribution is 5.64. The summed E-state index contributed by atoms with van der Waals surface area (Å²) >= 11 is 0. The van der Waals surface area contributed by atoms with Crippen molar-refractivity contribution >= 4 is 0 Å². The fraction of sp³-hybridized carbons (Fsp3) is 0.267. The van der Waals surface area contributed by atoms with Crippen LogP contribution in [0.4, 0.5) is 0 Å². The molecule has 1 aromatic heterocycles. The molecule has 18 heavy (non-hydrogen) atoms. The van der Waals surface area contributed by atoms with Gasteiger partial charge in [0.15, 0.2) is 0 Å². The third-order valence-electron chi connectivity index (χ3n) is 3.41. The van der Waals surface area contributed by atoms with Crippen molar-refractivity contribution in [1.82, 2.24) is 4.98 Å². The molecule has 1 fully saturated rings. The first-order chi connectivity index (χ1) is 8.78. The smallest absolute Gasteiger partial charge is 0.119 e. The van der Waals surface area contributed by atoms with Gasteiger partial charge in [-0.1, -0.05) is 18.2 Å². The summed E-state index contributed by atoms with van der Waals surface area (Å²) in [7, 11) is 1.68. The number of pyridine rings is 1. The van der Waals surface area contributed by atoms with Crippen LogP contribution in [0.2, 0.25) is 0 Å². The molecule has 0 aliphatic heterocycles. The number of nitrogens with zero attached hydrogens (tertiary/aromatic N) is 1. The number of ether oxygens (including phenoxy) is 1. The summed E-state index contributed by atoms with van der Waals surface area (Å²) in [4.78, 5) is 4.50. The fourth-order valence-corrected chi connectivity index (χ4v) is 2.15. The fourth-order valence-electron chi connectivity index (χ4n) is 2.15. The van der Waals surface area contributed by atoms with Gasteiger partial charge < -0.3 is 10.5 Å². The van der Waals surface area contributed by atoms with Crippen molar-refractivity contribution in [2.24, 2.45) is 5.73 Å². The van der Waals surface area contributed by atoms with Gasteiger partial charge in [0.05, 0.1) is 7.11 Å². The average molecular weight is 240 g/mol. The number of rotatable bonds is 3. The number of nitrogens with two attached hydrogens (primary N) is 1. The Morgan fingerprint density at radius 3 is 2.67 bits per heavy atom. The third-order valence-corrected chi connectivity index (χ3v) is 3.41. The highest BCUT2D eigenvalue weighted by Crippen LogP contribution is 2.38. The van der Waals surface area contributed by atoms with Gasteiger partial charge in [-0.05, 0) is 30.2 Å². The lowest BCUT2D eigenvalue weighted by Crippen LogP contribution is -2.01. The molecule has 0 saturated heterocycles. The van der Waals surface area contributed by atoms with Gasteiger partial charge in [0.25, 0.3) is 0 Å². The van der Waals surface area contributed by atoms with Crippen molar-refractivity contribution in [3.63, 3.8) is 0 Å². The second-order valence-corrected chi connectivity index (χ2v) is 4.71. The molecule has 1 aliphatic carbocycles. The molecule has 2 N–H and O–H groups in total. The Kier molecular flexibility index (Phi) is 2.76. The second kappa shape index (κ2) is 4.42. The van der Waals surface area contributed by atoms with Gasteiger partial charge in [-0.25, -0.2) is 0 Å². The quantitative estimate of drug-likeness (QED) is 0.897. The molecule has 3 rings (SSSR count). The monoisotopic (exact) mass is 240 g/mol. The zero-order valence-electron chi connectivity index (χ0n) is 10.3. The van der Waals surface area contributed by atoms with Crippen LogP contribution in [-0.4, -0.2) is 18.1 Å². The standard InChI is InChI=1S/C15H16N2O/c1-18-12-4-2-3-10(7-12)11-5-6-15(17-9-11)13-8-14(13)16/h2-7,9,13-14H,8,16H2,1H3/t13-,14-/m0/s1. The molecule has 0 amide bonds. The topological polar surface area (TPSA) is 48.1 Å². The normalized spacial score (nSPS) is 21.7. The van der Waals surface area contributed by atoms with Gasteiger partial charge in [-0.15, -0.1) is 0 Å². The lowest BCUT2D eigenvalue weighted by Gasteiger charge is -2.05. The molecule has 0 radical (unpaired) electrons. The maximum atomic E-state index is 5.83. The van der Waals surface area contributed by atoms with Crippen LogP contribution < -0.4 is 10.5 Å². The van der Waals surface area contributed by atoms with Gasteiger partial charge in [0.2, 0.25) is 0 Å². The maximum Gasteiger partial charge on any atom is 0.119 e. The van der Waals surface area contributed by atoms with Crippen molar-refractivity contribution in [1.29, 1.82) is 0 Å². The summed E-state index contributed by atoms with van der Waals surface area (Å²) in [6.07, 6.45) is 2.97. The Balaban J connectivity index is 1.87. The van der Waals surface area contributed by atoms with E-state index < -0.39 is 0 Å². The molecule has 3 nitrogen and oxygen atoms in total. The molecule has 1 heterocycles. The zero-order chi connectivity index (χ0) is 12.5. The summed E-state index contributed by atoms with van der Waals surface area (Å²) in [6, 6.07) is 12.5. The molecule has 1 aromatic carbocycles. The SMILES string of the molecule is COc1cccc(-c2ccc([C@H]3C[C@@H]3N)nc2)c1. The Hall–Kier alpha value is -1.87. The van der Waals surface area contributed by atoms with Crippen LogP contribution in [0.1, 0.15) is 18.0 Å².